The van der Waals surface area contributed by atoms with E-state index in [0.717, 1.165) is 18.9 Å². The minimum absolute atomic E-state index is 0.0451. The zero-order valence-electron chi connectivity index (χ0n) is 10.8. The SMILES string of the molecule is CC(CN)C(=O)N(C)CCC1CCN(C)C1. The minimum Gasteiger partial charge on any atom is -0.345 e. The van der Waals surface area contributed by atoms with Gasteiger partial charge in [-0.3, -0.25) is 4.79 Å². The second kappa shape index (κ2) is 6.21. The van der Waals surface area contributed by atoms with E-state index >= 15 is 0 Å². The van der Waals surface area contributed by atoms with Crippen LogP contribution in [0.25, 0.3) is 0 Å². The van der Waals surface area contributed by atoms with Crippen molar-refractivity contribution in [2.24, 2.45) is 17.6 Å². The lowest BCUT2D eigenvalue weighted by Crippen LogP contribution is -2.36. The van der Waals surface area contributed by atoms with Gasteiger partial charge >= 0.3 is 0 Å². The molecule has 4 nitrogen and oxygen atoms in total. The number of nitrogens with two attached hydrogens (primary N) is 1. The van der Waals surface area contributed by atoms with Gasteiger partial charge in [-0.1, -0.05) is 6.92 Å². The summed E-state index contributed by atoms with van der Waals surface area (Å²) in [6.07, 6.45) is 2.38. The molecule has 1 aliphatic heterocycles. The van der Waals surface area contributed by atoms with Gasteiger partial charge in [0.25, 0.3) is 0 Å². The Morgan fingerprint density at radius 1 is 1.62 bits per heavy atom. The first-order valence-corrected chi connectivity index (χ1v) is 6.18. The molecule has 0 aromatic rings. The van der Waals surface area contributed by atoms with E-state index in [1.807, 2.05) is 18.9 Å². The molecule has 16 heavy (non-hydrogen) atoms. The summed E-state index contributed by atoms with van der Waals surface area (Å²) in [5, 5.41) is 0. The van der Waals surface area contributed by atoms with Crippen LogP contribution in [0.5, 0.6) is 0 Å². The van der Waals surface area contributed by atoms with Crippen LogP contribution in [-0.4, -0.2) is 56.0 Å². The van der Waals surface area contributed by atoms with Crippen LogP contribution >= 0.6 is 0 Å². The summed E-state index contributed by atoms with van der Waals surface area (Å²) in [5.74, 6) is 0.888. The first kappa shape index (κ1) is 13.5. The van der Waals surface area contributed by atoms with E-state index in [1.165, 1.54) is 19.5 Å². The van der Waals surface area contributed by atoms with E-state index in [-0.39, 0.29) is 11.8 Å². The van der Waals surface area contributed by atoms with Crippen molar-refractivity contribution in [2.45, 2.75) is 19.8 Å². The maximum Gasteiger partial charge on any atom is 0.226 e. The Hall–Kier alpha value is -0.610. The molecular weight excluding hydrogens is 202 g/mol. The Balaban J connectivity index is 2.24. The number of rotatable bonds is 5. The largest absolute Gasteiger partial charge is 0.345 e. The van der Waals surface area contributed by atoms with Crippen molar-refractivity contribution in [2.75, 3.05) is 40.3 Å². The Morgan fingerprint density at radius 2 is 2.31 bits per heavy atom. The lowest BCUT2D eigenvalue weighted by Gasteiger charge is -2.22. The number of likely N-dealkylation sites (tertiary alicyclic amines) is 1. The number of carbonyl (C=O) groups excluding carboxylic acids is 1. The maximum absolute atomic E-state index is 11.8. The molecule has 0 radical (unpaired) electrons. The molecule has 1 saturated heterocycles. The zero-order valence-corrected chi connectivity index (χ0v) is 10.8. The number of amides is 1. The molecule has 0 spiro atoms. The van der Waals surface area contributed by atoms with Gasteiger partial charge in [-0.2, -0.15) is 0 Å². The third-order valence-electron chi connectivity index (χ3n) is 3.51. The van der Waals surface area contributed by atoms with E-state index in [4.69, 9.17) is 5.73 Å². The zero-order chi connectivity index (χ0) is 12.1. The molecule has 1 heterocycles. The third kappa shape index (κ3) is 3.76. The van der Waals surface area contributed by atoms with Gasteiger partial charge in [0.2, 0.25) is 5.91 Å². The van der Waals surface area contributed by atoms with Crippen molar-refractivity contribution in [3.05, 3.63) is 0 Å². The monoisotopic (exact) mass is 227 g/mol. The highest BCUT2D eigenvalue weighted by molar-refractivity contribution is 5.78. The van der Waals surface area contributed by atoms with Crippen molar-refractivity contribution in [3.8, 4) is 0 Å². The van der Waals surface area contributed by atoms with E-state index in [1.54, 1.807) is 0 Å². The number of hydrogen-bond donors (Lipinski definition) is 1. The van der Waals surface area contributed by atoms with Gasteiger partial charge in [0.05, 0.1) is 0 Å². The average molecular weight is 227 g/mol. The van der Waals surface area contributed by atoms with Gasteiger partial charge < -0.3 is 15.5 Å². The first-order valence-electron chi connectivity index (χ1n) is 6.18. The van der Waals surface area contributed by atoms with Crippen LogP contribution in [0.2, 0.25) is 0 Å². The highest BCUT2D eigenvalue weighted by atomic mass is 16.2. The molecule has 0 aliphatic carbocycles. The average Bonchev–Trinajstić information content (AvgIpc) is 2.69. The van der Waals surface area contributed by atoms with Gasteiger partial charge in [0.1, 0.15) is 0 Å². The standard InChI is InChI=1S/C12H25N3O/c1-10(8-13)12(16)15(3)7-5-11-4-6-14(2)9-11/h10-11H,4-9,13H2,1-3H3. The molecule has 1 rings (SSSR count). The van der Waals surface area contributed by atoms with Crippen molar-refractivity contribution < 1.29 is 4.79 Å². The van der Waals surface area contributed by atoms with Crippen molar-refractivity contribution in [3.63, 3.8) is 0 Å². The van der Waals surface area contributed by atoms with Gasteiger partial charge in [-0.25, -0.2) is 0 Å². The fourth-order valence-corrected chi connectivity index (χ4v) is 2.23. The fourth-order valence-electron chi connectivity index (χ4n) is 2.23. The predicted molar refractivity (Wildman–Crippen MR) is 66.1 cm³/mol. The first-order chi connectivity index (χ1) is 7.54. The maximum atomic E-state index is 11.8. The number of hydrogen-bond acceptors (Lipinski definition) is 3. The van der Waals surface area contributed by atoms with E-state index < -0.39 is 0 Å². The van der Waals surface area contributed by atoms with E-state index in [2.05, 4.69) is 11.9 Å². The highest BCUT2D eigenvalue weighted by Crippen LogP contribution is 2.18. The van der Waals surface area contributed by atoms with Crippen LogP contribution < -0.4 is 5.73 Å². The van der Waals surface area contributed by atoms with E-state index in [0.29, 0.717) is 6.54 Å². The normalized spacial score (nSPS) is 23.4. The molecule has 2 unspecified atom stereocenters. The van der Waals surface area contributed by atoms with Gasteiger partial charge in [0.15, 0.2) is 0 Å². The van der Waals surface area contributed by atoms with Crippen LogP contribution in [0.3, 0.4) is 0 Å². The molecule has 1 fully saturated rings. The Kier molecular flexibility index (Phi) is 5.22. The lowest BCUT2D eigenvalue weighted by molar-refractivity contribution is -0.133. The summed E-state index contributed by atoms with van der Waals surface area (Å²) in [7, 11) is 4.04. The quantitative estimate of drug-likeness (QED) is 0.739. The number of nitrogens with zero attached hydrogens (tertiary/aromatic N) is 2. The van der Waals surface area contributed by atoms with Crippen molar-refractivity contribution in [1.82, 2.24) is 9.80 Å². The molecule has 94 valence electrons. The van der Waals surface area contributed by atoms with Crippen LogP contribution in [0, 0.1) is 11.8 Å². The van der Waals surface area contributed by atoms with E-state index in [9.17, 15) is 4.79 Å². The molecular formula is C12H25N3O. The number of carbonyl (C=O) groups is 1. The summed E-state index contributed by atoms with van der Waals surface area (Å²) in [4.78, 5) is 16.0. The second-order valence-electron chi connectivity index (χ2n) is 5.10. The van der Waals surface area contributed by atoms with Crippen molar-refractivity contribution >= 4 is 5.91 Å². The summed E-state index contributed by atoms with van der Waals surface area (Å²) >= 11 is 0. The molecule has 0 saturated carbocycles. The van der Waals surface area contributed by atoms with Gasteiger partial charge in [-0.05, 0) is 32.4 Å². The molecule has 0 aromatic heterocycles. The molecule has 1 aliphatic rings. The summed E-state index contributed by atoms with van der Waals surface area (Å²) in [5.41, 5.74) is 5.49. The third-order valence-corrected chi connectivity index (χ3v) is 3.51. The Morgan fingerprint density at radius 3 is 2.81 bits per heavy atom. The Labute approximate surface area is 98.8 Å². The van der Waals surface area contributed by atoms with Gasteiger partial charge in [-0.15, -0.1) is 0 Å². The lowest BCUT2D eigenvalue weighted by atomic mass is 10.0. The smallest absolute Gasteiger partial charge is 0.226 e. The topological polar surface area (TPSA) is 49.6 Å². The molecule has 0 aromatic carbocycles. The van der Waals surface area contributed by atoms with Crippen LogP contribution in [0.1, 0.15) is 19.8 Å². The molecule has 2 atom stereocenters. The summed E-state index contributed by atoms with van der Waals surface area (Å²) in [6.45, 7) is 5.56. The highest BCUT2D eigenvalue weighted by Gasteiger charge is 2.21. The van der Waals surface area contributed by atoms with Crippen molar-refractivity contribution in [1.29, 1.82) is 0 Å². The second-order valence-corrected chi connectivity index (χ2v) is 5.10. The summed E-state index contributed by atoms with van der Waals surface area (Å²) < 4.78 is 0. The van der Waals surface area contributed by atoms with Crippen LogP contribution in [-0.2, 0) is 4.79 Å². The predicted octanol–water partition coefficient (Wildman–Crippen LogP) is 0.381. The summed E-state index contributed by atoms with van der Waals surface area (Å²) in [6, 6.07) is 0. The molecule has 4 heteroatoms. The minimum atomic E-state index is -0.0451. The molecule has 2 N–H and O–H groups in total. The fraction of sp³-hybridized carbons (Fsp3) is 0.917. The van der Waals surface area contributed by atoms with Crippen LogP contribution in [0.15, 0.2) is 0 Å². The van der Waals surface area contributed by atoms with Crippen LogP contribution in [0.4, 0.5) is 0 Å². The Bertz CT molecular complexity index is 232. The molecule has 1 amide bonds. The molecule has 0 bridgehead atoms. The van der Waals surface area contributed by atoms with Gasteiger partial charge in [0, 0.05) is 32.6 Å².